The highest BCUT2D eigenvalue weighted by Crippen LogP contribution is 2.36. The first-order chi connectivity index (χ1) is 15.1. The van der Waals surface area contributed by atoms with Crippen molar-refractivity contribution in [2.75, 3.05) is 6.61 Å². The Morgan fingerprint density at radius 3 is 2.56 bits per heavy atom. The Labute approximate surface area is 201 Å². The summed E-state index contributed by atoms with van der Waals surface area (Å²) in [7, 11) is -0.448. The molecule has 1 fully saturated rings. The predicted molar refractivity (Wildman–Crippen MR) is 129 cm³/mol. The van der Waals surface area contributed by atoms with Crippen LogP contribution >= 0.6 is 22.6 Å². The van der Waals surface area contributed by atoms with Crippen molar-refractivity contribution in [3.8, 4) is 5.75 Å². The van der Waals surface area contributed by atoms with Crippen LogP contribution in [0.4, 0.5) is 4.39 Å². The fourth-order valence-electron chi connectivity index (χ4n) is 3.50. The van der Waals surface area contributed by atoms with Crippen molar-refractivity contribution in [1.29, 1.82) is 0 Å². The molecular weight excluding hydrogens is 525 g/mol. The average molecular weight is 552 g/mol. The third-order valence-electron chi connectivity index (χ3n) is 6.15. The number of ether oxygens (including phenoxy) is 1. The zero-order valence-electron chi connectivity index (χ0n) is 18.9. The Hall–Kier alpha value is -1.92. The third kappa shape index (κ3) is 4.72. The number of hydrogen-bond acceptors (Lipinski definition) is 5. The summed E-state index contributed by atoms with van der Waals surface area (Å²) < 4.78 is 36.6. The van der Waals surface area contributed by atoms with Crippen LogP contribution in [0.2, 0.25) is 0 Å². The Morgan fingerprint density at radius 2 is 1.91 bits per heavy atom. The average Bonchev–Trinajstić information content (AvgIpc) is 3.41. The summed E-state index contributed by atoms with van der Waals surface area (Å²) in [6.07, 6.45) is 5.54. The van der Waals surface area contributed by atoms with E-state index in [0.29, 0.717) is 18.9 Å². The molecule has 1 aliphatic heterocycles. The minimum atomic E-state index is -0.448. The van der Waals surface area contributed by atoms with Gasteiger partial charge < -0.3 is 14.0 Å². The summed E-state index contributed by atoms with van der Waals surface area (Å²) in [5.74, 6) is 0.322. The van der Waals surface area contributed by atoms with Crippen molar-refractivity contribution in [3.05, 3.63) is 57.9 Å². The summed E-state index contributed by atoms with van der Waals surface area (Å²) in [4.78, 5) is 0. The van der Waals surface area contributed by atoms with E-state index >= 15 is 0 Å². The maximum absolute atomic E-state index is 14.0. The second-order valence-electron chi connectivity index (χ2n) is 8.95. The zero-order valence-corrected chi connectivity index (χ0v) is 21.0. The summed E-state index contributed by atoms with van der Waals surface area (Å²) in [5.41, 5.74) is 0.812. The van der Waals surface area contributed by atoms with Crippen LogP contribution in [-0.2, 0) is 15.9 Å². The van der Waals surface area contributed by atoms with Crippen molar-refractivity contribution in [1.82, 2.24) is 19.6 Å². The Bertz CT molecular complexity index is 1080. The number of aromatic nitrogens is 4. The smallest absolute Gasteiger partial charge is 0.491 e. The van der Waals surface area contributed by atoms with Gasteiger partial charge in [0, 0.05) is 29.6 Å². The molecule has 3 heterocycles. The topological polar surface area (TPSA) is 63.3 Å². The molecule has 0 bridgehead atoms. The first-order valence-electron chi connectivity index (χ1n) is 10.6. The molecule has 1 aliphatic rings. The van der Waals surface area contributed by atoms with E-state index in [2.05, 4.69) is 32.8 Å². The van der Waals surface area contributed by atoms with E-state index in [1.54, 1.807) is 21.6 Å². The second kappa shape index (κ2) is 8.79. The fraction of sp³-hybridized carbons (Fsp3) is 0.455. The molecule has 3 aromatic rings. The second-order valence-corrected chi connectivity index (χ2v) is 10.1. The van der Waals surface area contributed by atoms with Crippen LogP contribution in [0.15, 0.2) is 42.9 Å². The van der Waals surface area contributed by atoms with Gasteiger partial charge in [0.15, 0.2) is 0 Å². The molecule has 2 aromatic heterocycles. The fourth-order valence-corrected chi connectivity index (χ4v) is 3.91. The van der Waals surface area contributed by atoms with E-state index in [9.17, 15) is 4.39 Å². The molecule has 4 rings (SSSR count). The molecule has 10 heteroatoms. The van der Waals surface area contributed by atoms with Gasteiger partial charge in [-0.2, -0.15) is 10.2 Å². The van der Waals surface area contributed by atoms with Gasteiger partial charge in [-0.1, -0.05) is 0 Å². The van der Waals surface area contributed by atoms with Crippen LogP contribution in [0.1, 0.15) is 46.2 Å². The minimum absolute atomic E-state index is 0.163. The number of benzene rings is 1. The van der Waals surface area contributed by atoms with Crippen LogP contribution in [0.25, 0.3) is 0 Å². The van der Waals surface area contributed by atoms with E-state index in [1.807, 2.05) is 53.1 Å². The van der Waals surface area contributed by atoms with Crippen LogP contribution in [0, 0.1) is 9.52 Å². The highest BCUT2D eigenvalue weighted by Gasteiger charge is 2.52. The number of rotatable bonds is 7. The monoisotopic (exact) mass is 552 g/mol. The van der Waals surface area contributed by atoms with Gasteiger partial charge >= 0.3 is 7.12 Å². The molecule has 7 nitrogen and oxygen atoms in total. The van der Waals surface area contributed by atoms with Crippen molar-refractivity contribution in [3.63, 3.8) is 0 Å². The van der Waals surface area contributed by atoms with E-state index in [4.69, 9.17) is 14.0 Å². The lowest BCUT2D eigenvalue weighted by Gasteiger charge is -2.32. The maximum atomic E-state index is 14.0. The molecule has 0 amide bonds. The van der Waals surface area contributed by atoms with Crippen LogP contribution in [0.3, 0.4) is 0 Å². The molecule has 0 aliphatic carbocycles. The summed E-state index contributed by atoms with van der Waals surface area (Å²) in [6.45, 7) is 11.0. The minimum Gasteiger partial charge on any atom is -0.491 e. The lowest BCUT2D eigenvalue weighted by atomic mass is 9.82. The quantitative estimate of drug-likeness (QED) is 0.330. The largest absolute Gasteiger partial charge is 0.498 e. The van der Waals surface area contributed by atoms with Gasteiger partial charge in [-0.25, -0.2) is 4.39 Å². The van der Waals surface area contributed by atoms with E-state index < -0.39 is 18.3 Å². The van der Waals surface area contributed by atoms with Gasteiger partial charge in [-0.05, 0) is 81.5 Å². The molecule has 0 N–H and O–H groups in total. The molecule has 1 aromatic carbocycles. The first kappa shape index (κ1) is 23.3. The van der Waals surface area contributed by atoms with E-state index in [0.717, 1.165) is 14.7 Å². The molecule has 32 heavy (non-hydrogen) atoms. The summed E-state index contributed by atoms with van der Waals surface area (Å²) in [6, 6.07) is 6.31. The predicted octanol–water partition coefficient (Wildman–Crippen LogP) is 3.81. The first-order valence-corrected chi connectivity index (χ1v) is 11.6. The van der Waals surface area contributed by atoms with Gasteiger partial charge in [0.2, 0.25) is 0 Å². The maximum Gasteiger partial charge on any atom is 0.498 e. The lowest BCUT2D eigenvalue weighted by molar-refractivity contribution is 0.00578. The van der Waals surface area contributed by atoms with Gasteiger partial charge in [0.1, 0.15) is 21.9 Å². The highest BCUT2D eigenvalue weighted by molar-refractivity contribution is 14.1. The molecule has 0 saturated carbocycles. The van der Waals surface area contributed by atoms with Crippen LogP contribution in [0.5, 0.6) is 5.75 Å². The standard InChI is InChI=1S/C22H27BFIN4O3/c1-15(29-9-8-20(25)27-29)18-12-17(24)6-7-19(18)30-11-10-28-14-16(13-26-28)23-31-21(2,3)22(4,5)32-23/h6-9,12-15H,10-11H2,1-5H3. The van der Waals surface area contributed by atoms with Crippen molar-refractivity contribution < 1.29 is 18.4 Å². The van der Waals surface area contributed by atoms with Crippen molar-refractivity contribution in [2.45, 2.75) is 58.4 Å². The van der Waals surface area contributed by atoms with Gasteiger partial charge in [0.25, 0.3) is 0 Å². The number of halogens is 2. The molecular formula is C22H27BFIN4O3. The number of nitrogens with zero attached hydrogens (tertiary/aromatic N) is 4. The van der Waals surface area contributed by atoms with Crippen molar-refractivity contribution >= 4 is 35.2 Å². The normalized spacial score (nSPS) is 18.2. The molecule has 0 spiro atoms. The Morgan fingerprint density at radius 1 is 1.19 bits per heavy atom. The van der Waals surface area contributed by atoms with Gasteiger partial charge in [-0.3, -0.25) is 9.36 Å². The summed E-state index contributed by atoms with van der Waals surface area (Å²) >= 11 is 2.15. The number of hydrogen-bond donors (Lipinski definition) is 0. The highest BCUT2D eigenvalue weighted by atomic mass is 127. The van der Waals surface area contributed by atoms with Crippen LogP contribution in [-0.4, -0.2) is 44.5 Å². The molecule has 1 saturated heterocycles. The van der Waals surface area contributed by atoms with Gasteiger partial charge in [0.05, 0.1) is 23.8 Å². The molecule has 1 unspecified atom stereocenters. The van der Waals surface area contributed by atoms with E-state index in [1.165, 1.54) is 12.1 Å². The zero-order chi connectivity index (χ0) is 23.1. The van der Waals surface area contributed by atoms with Gasteiger partial charge in [-0.15, -0.1) is 0 Å². The molecule has 0 radical (unpaired) electrons. The third-order valence-corrected chi connectivity index (χ3v) is 6.73. The lowest BCUT2D eigenvalue weighted by Crippen LogP contribution is -2.41. The van der Waals surface area contributed by atoms with E-state index in [-0.39, 0.29) is 11.9 Å². The SMILES string of the molecule is CC(c1cc(F)ccc1OCCn1cc(B2OC(C)(C)C(C)(C)O2)cn1)n1ccc(I)n1. The molecule has 170 valence electrons. The van der Waals surface area contributed by atoms with Crippen LogP contribution < -0.4 is 10.2 Å². The van der Waals surface area contributed by atoms with Crippen molar-refractivity contribution in [2.24, 2.45) is 0 Å². The molecule has 1 atom stereocenters. The summed E-state index contributed by atoms with van der Waals surface area (Å²) in [5, 5.41) is 8.85. The Balaban J connectivity index is 1.41. The Kier molecular flexibility index (Phi) is 6.39.